The van der Waals surface area contributed by atoms with Crippen LogP contribution in [0.1, 0.15) is 23.2 Å². The molecule has 1 fully saturated rings. The number of nitrogen functional groups attached to an aromatic ring is 1. The smallest absolute Gasteiger partial charge is 0.300 e. The number of anilines is 1. The number of hydrogen-bond donors (Lipinski definition) is 1. The summed E-state index contributed by atoms with van der Waals surface area (Å²) in [5, 5.41) is 11.0. The SMILES string of the molecule is CN(CC1CCCOC1)C(=O)c1cc(N)ncc1[N+](=O)[O-]. The second kappa shape index (κ2) is 6.49. The van der Waals surface area contributed by atoms with Crippen LogP contribution in [0.2, 0.25) is 0 Å². The number of nitro groups is 1. The molecule has 0 radical (unpaired) electrons. The van der Waals surface area contributed by atoms with Gasteiger partial charge in [-0.1, -0.05) is 0 Å². The number of carbonyl (C=O) groups excluding carboxylic acids is 1. The Bertz CT molecular complexity index is 543. The molecule has 0 saturated carbocycles. The van der Waals surface area contributed by atoms with Crippen LogP contribution >= 0.6 is 0 Å². The molecule has 2 N–H and O–H groups in total. The first-order chi connectivity index (χ1) is 9.99. The number of pyridine rings is 1. The molecule has 1 aromatic heterocycles. The first-order valence-corrected chi connectivity index (χ1v) is 6.72. The van der Waals surface area contributed by atoms with Crippen molar-refractivity contribution < 1.29 is 14.5 Å². The van der Waals surface area contributed by atoms with Gasteiger partial charge in [0, 0.05) is 20.2 Å². The normalized spacial score (nSPS) is 18.2. The van der Waals surface area contributed by atoms with Crippen LogP contribution in [0.5, 0.6) is 0 Å². The maximum atomic E-state index is 12.4. The monoisotopic (exact) mass is 294 g/mol. The summed E-state index contributed by atoms with van der Waals surface area (Å²) in [5.41, 5.74) is 5.16. The Labute approximate surface area is 122 Å². The minimum Gasteiger partial charge on any atom is -0.384 e. The third-order valence-corrected chi connectivity index (χ3v) is 3.46. The standard InChI is InChI=1S/C13H18N4O4/c1-16(7-9-3-2-4-21-8-9)13(18)10-5-12(14)15-6-11(10)17(19)20/h5-6,9H,2-4,7-8H2,1H3,(H2,14,15). The molecule has 21 heavy (non-hydrogen) atoms. The lowest BCUT2D eigenvalue weighted by molar-refractivity contribution is -0.385. The maximum Gasteiger partial charge on any atom is 0.300 e. The van der Waals surface area contributed by atoms with Gasteiger partial charge in [0.1, 0.15) is 17.6 Å². The van der Waals surface area contributed by atoms with E-state index in [1.54, 1.807) is 7.05 Å². The average Bonchev–Trinajstić information content (AvgIpc) is 2.47. The Morgan fingerprint density at radius 2 is 2.43 bits per heavy atom. The third-order valence-electron chi connectivity index (χ3n) is 3.46. The van der Waals surface area contributed by atoms with Gasteiger partial charge in [0.25, 0.3) is 11.6 Å². The van der Waals surface area contributed by atoms with Gasteiger partial charge in [-0.15, -0.1) is 0 Å². The number of carbonyl (C=O) groups is 1. The number of hydrogen-bond acceptors (Lipinski definition) is 6. The van der Waals surface area contributed by atoms with Crippen LogP contribution in [0.15, 0.2) is 12.3 Å². The Balaban J connectivity index is 2.14. The predicted molar refractivity (Wildman–Crippen MR) is 75.8 cm³/mol. The molecule has 114 valence electrons. The fraction of sp³-hybridized carbons (Fsp3) is 0.538. The number of rotatable bonds is 4. The van der Waals surface area contributed by atoms with Crippen LogP contribution < -0.4 is 5.73 Å². The minimum absolute atomic E-state index is 0.0354. The van der Waals surface area contributed by atoms with Crippen LogP contribution in [0.3, 0.4) is 0 Å². The highest BCUT2D eigenvalue weighted by Gasteiger charge is 2.26. The fourth-order valence-electron chi connectivity index (χ4n) is 2.41. The summed E-state index contributed by atoms with van der Waals surface area (Å²) < 4.78 is 5.37. The zero-order valence-corrected chi connectivity index (χ0v) is 11.8. The second-order valence-corrected chi connectivity index (χ2v) is 5.15. The third kappa shape index (κ3) is 3.66. The summed E-state index contributed by atoms with van der Waals surface area (Å²) in [5.74, 6) is -0.0920. The van der Waals surface area contributed by atoms with Gasteiger partial charge in [-0.25, -0.2) is 4.98 Å². The van der Waals surface area contributed by atoms with E-state index >= 15 is 0 Å². The van der Waals surface area contributed by atoms with E-state index in [9.17, 15) is 14.9 Å². The zero-order chi connectivity index (χ0) is 15.4. The quantitative estimate of drug-likeness (QED) is 0.656. The molecule has 0 aliphatic carbocycles. The summed E-state index contributed by atoms with van der Waals surface area (Å²) in [6.45, 7) is 1.86. The average molecular weight is 294 g/mol. The van der Waals surface area contributed by atoms with E-state index in [2.05, 4.69) is 4.98 Å². The minimum atomic E-state index is -0.628. The van der Waals surface area contributed by atoms with Gasteiger partial charge in [0.2, 0.25) is 0 Å². The maximum absolute atomic E-state index is 12.4. The summed E-state index contributed by atoms with van der Waals surface area (Å²) in [6.07, 6.45) is 2.97. The van der Waals surface area contributed by atoms with Crippen molar-refractivity contribution >= 4 is 17.4 Å². The molecule has 1 unspecified atom stereocenters. The summed E-state index contributed by atoms with van der Waals surface area (Å²) >= 11 is 0. The van der Waals surface area contributed by atoms with Crippen molar-refractivity contribution in [1.82, 2.24) is 9.88 Å². The molecule has 1 aliphatic heterocycles. The van der Waals surface area contributed by atoms with E-state index in [-0.39, 0.29) is 23.0 Å². The lowest BCUT2D eigenvalue weighted by Gasteiger charge is -2.27. The molecule has 1 aromatic rings. The van der Waals surface area contributed by atoms with E-state index in [0.717, 1.165) is 25.6 Å². The lowest BCUT2D eigenvalue weighted by atomic mass is 10.0. The van der Waals surface area contributed by atoms with Crippen LogP contribution in [0.4, 0.5) is 11.5 Å². The van der Waals surface area contributed by atoms with Crippen LogP contribution in [-0.4, -0.2) is 47.5 Å². The number of nitrogens with two attached hydrogens (primary N) is 1. The van der Waals surface area contributed by atoms with E-state index < -0.39 is 10.8 Å². The number of ether oxygens (including phenoxy) is 1. The van der Waals surface area contributed by atoms with Crippen molar-refractivity contribution in [2.24, 2.45) is 5.92 Å². The second-order valence-electron chi connectivity index (χ2n) is 5.15. The van der Waals surface area contributed by atoms with Crippen molar-refractivity contribution in [1.29, 1.82) is 0 Å². The highest BCUT2D eigenvalue weighted by atomic mass is 16.6. The highest BCUT2D eigenvalue weighted by Crippen LogP contribution is 2.22. The highest BCUT2D eigenvalue weighted by molar-refractivity contribution is 5.98. The van der Waals surface area contributed by atoms with Crippen molar-refractivity contribution in [2.75, 3.05) is 32.5 Å². The van der Waals surface area contributed by atoms with Gasteiger partial charge in [-0.05, 0) is 24.8 Å². The van der Waals surface area contributed by atoms with E-state index in [1.807, 2.05) is 0 Å². The Kier molecular flexibility index (Phi) is 4.69. The van der Waals surface area contributed by atoms with Gasteiger partial charge in [-0.2, -0.15) is 0 Å². The van der Waals surface area contributed by atoms with Crippen molar-refractivity contribution in [3.63, 3.8) is 0 Å². The molecule has 8 nitrogen and oxygen atoms in total. The number of amides is 1. The van der Waals surface area contributed by atoms with Crippen LogP contribution in [0.25, 0.3) is 0 Å². The molecule has 2 rings (SSSR count). The zero-order valence-electron chi connectivity index (χ0n) is 11.8. The first-order valence-electron chi connectivity index (χ1n) is 6.72. The molecule has 0 spiro atoms. The van der Waals surface area contributed by atoms with Gasteiger partial charge < -0.3 is 15.4 Å². The molecule has 0 aromatic carbocycles. The van der Waals surface area contributed by atoms with Gasteiger partial charge in [0.05, 0.1) is 11.5 Å². The predicted octanol–water partition coefficient (Wildman–Crippen LogP) is 1.07. The van der Waals surface area contributed by atoms with Crippen molar-refractivity contribution in [3.05, 3.63) is 27.9 Å². The topological polar surface area (TPSA) is 112 Å². The molecular formula is C13H18N4O4. The van der Waals surface area contributed by atoms with Crippen LogP contribution in [-0.2, 0) is 4.74 Å². The van der Waals surface area contributed by atoms with E-state index in [0.29, 0.717) is 13.2 Å². The number of nitrogens with zero attached hydrogens (tertiary/aromatic N) is 3. The molecule has 1 saturated heterocycles. The molecule has 1 aliphatic rings. The van der Waals surface area contributed by atoms with E-state index in [4.69, 9.17) is 10.5 Å². The molecule has 1 amide bonds. The van der Waals surface area contributed by atoms with E-state index in [1.165, 1.54) is 11.0 Å². The lowest BCUT2D eigenvalue weighted by Crippen LogP contribution is -2.35. The summed E-state index contributed by atoms with van der Waals surface area (Å²) in [6, 6.07) is 1.24. The molecule has 2 heterocycles. The number of aromatic nitrogens is 1. The fourth-order valence-corrected chi connectivity index (χ4v) is 2.41. The molecule has 1 atom stereocenters. The Morgan fingerprint density at radius 1 is 1.67 bits per heavy atom. The summed E-state index contributed by atoms with van der Waals surface area (Å²) in [4.78, 5) is 27.9. The van der Waals surface area contributed by atoms with Gasteiger partial charge >= 0.3 is 0 Å². The Morgan fingerprint density at radius 3 is 3.05 bits per heavy atom. The van der Waals surface area contributed by atoms with Gasteiger partial charge in [0.15, 0.2) is 0 Å². The molecular weight excluding hydrogens is 276 g/mol. The van der Waals surface area contributed by atoms with Crippen molar-refractivity contribution in [2.45, 2.75) is 12.8 Å². The largest absolute Gasteiger partial charge is 0.384 e. The van der Waals surface area contributed by atoms with Crippen molar-refractivity contribution in [3.8, 4) is 0 Å². The summed E-state index contributed by atoms with van der Waals surface area (Å²) in [7, 11) is 1.62. The molecule has 8 heteroatoms. The van der Waals surface area contributed by atoms with Gasteiger partial charge in [-0.3, -0.25) is 14.9 Å². The molecule has 0 bridgehead atoms. The first kappa shape index (κ1) is 15.2. The Hall–Kier alpha value is -2.22. The van der Waals surface area contributed by atoms with Crippen LogP contribution in [0, 0.1) is 16.0 Å².